The number of amides is 1. The van der Waals surface area contributed by atoms with Crippen LogP contribution < -0.4 is 5.32 Å². The predicted molar refractivity (Wildman–Crippen MR) is 141 cm³/mol. The van der Waals surface area contributed by atoms with E-state index in [1.807, 2.05) is 30.3 Å². The fourth-order valence-electron chi connectivity index (χ4n) is 6.53. The molecule has 0 aromatic heterocycles. The van der Waals surface area contributed by atoms with Gasteiger partial charge in [0, 0.05) is 43.3 Å². The summed E-state index contributed by atoms with van der Waals surface area (Å²) in [6.45, 7) is 6.92. The number of phenols is 1. The van der Waals surface area contributed by atoms with Gasteiger partial charge >= 0.3 is 0 Å². The Kier molecular flexibility index (Phi) is 7.54. The molecule has 2 aromatic carbocycles. The number of piperazine rings is 1. The lowest BCUT2D eigenvalue weighted by Gasteiger charge is -2.52. The van der Waals surface area contributed by atoms with Crippen LogP contribution >= 0.6 is 0 Å². The smallest absolute Gasteiger partial charge is 0.251 e. The molecule has 35 heavy (non-hydrogen) atoms. The number of hydrogen-bond acceptors (Lipinski definition) is 4. The molecular formula is C30H39N3O2. The van der Waals surface area contributed by atoms with Crippen LogP contribution in [0.3, 0.4) is 0 Å². The second-order valence-corrected chi connectivity index (χ2v) is 10.6. The molecule has 0 spiro atoms. The zero-order valence-electron chi connectivity index (χ0n) is 20.7. The molecule has 5 heteroatoms. The van der Waals surface area contributed by atoms with Crippen molar-refractivity contribution in [1.82, 2.24) is 15.1 Å². The van der Waals surface area contributed by atoms with Crippen molar-refractivity contribution in [2.45, 2.75) is 75.5 Å². The maximum atomic E-state index is 12.9. The monoisotopic (exact) mass is 473 g/mol. The van der Waals surface area contributed by atoms with Gasteiger partial charge in [0.2, 0.25) is 0 Å². The van der Waals surface area contributed by atoms with Gasteiger partial charge in [-0.3, -0.25) is 14.6 Å². The lowest BCUT2D eigenvalue weighted by atomic mass is 9.87. The molecule has 3 atom stereocenters. The van der Waals surface area contributed by atoms with Gasteiger partial charge in [0.05, 0.1) is 6.04 Å². The van der Waals surface area contributed by atoms with Crippen molar-refractivity contribution in [3.8, 4) is 5.75 Å². The van der Waals surface area contributed by atoms with Gasteiger partial charge in [0.1, 0.15) is 5.75 Å². The number of piperidine rings is 1. The Balaban J connectivity index is 1.39. The average Bonchev–Trinajstić information content (AvgIpc) is 2.86. The van der Waals surface area contributed by atoms with E-state index in [9.17, 15) is 9.90 Å². The first-order valence-corrected chi connectivity index (χ1v) is 13.4. The number of benzene rings is 2. The molecule has 3 unspecified atom stereocenters. The molecule has 2 bridgehead atoms. The van der Waals surface area contributed by atoms with E-state index in [1.165, 1.54) is 44.1 Å². The molecule has 5 rings (SSSR count). The highest BCUT2D eigenvalue weighted by Crippen LogP contribution is 2.37. The van der Waals surface area contributed by atoms with Crippen molar-refractivity contribution in [3.63, 3.8) is 0 Å². The first-order chi connectivity index (χ1) is 17.1. The summed E-state index contributed by atoms with van der Waals surface area (Å²) in [5.74, 6) is 0.325. The van der Waals surface area contributed by atoms with Crippen molar-refractivity contribution in [1.29, 1.82) is 0 Å². The number of aromatic hydroxyl groups is 1. The first-order valence-electron chi connectivity index (χ1n) is 13.4. The van der Waals surface area contributed by atoms with Crippen molar-refractivity contribution < 1.29 is 9.90 Å². The van der Waals surface area contributed by atoms with Gasteiger partial charge in [-0.2, -0.15) is 0 Å². The third kappa shape index (κ3) is 5.46. The molecule has 2 aliphatic heterocycles. The zero-order valence-corrected chi connectivity index (χ0v) is 20.7. The number of phenolic OH excluding ortho intramolecular Hbond substituents is 1. The molecule has 186 valence electrons. The van der Waals surface area contributed by atoms with E-state index in [2.05, 4.69) is 39.9 Å². The van der Waals surface area contributed by atoms with Crippen LogP contribution in [0.15, 0.2) is 61.2 Å². The Morgan fingerprint density at radius 1 is 0.971 bits per heavy atom. The van der Waals surface area contributed by atoms with Gasteiger partial charge in [0.25, 0.3) is 5.91 Å². The molecule has 2 saturated heterocycles. The van der Waals surface area contributed by atoms with Crippen LogP contribution in [0.25, 0.3) is 0 Å². The minimum atomic E-state index is 0.0323. The van der Waals surface area contributed by atoms with Crippen LogP contribution in [-0.2, 0) is 0 Å². The summed E-state index contributed by atoms with van der Waals surface area (Å²) in [6, 6.07) is 17.2. The van der Waals surface area contributed by atoms with Crippen molar-refractivity contribution >= 4 is 5.91 Å². The highest BCUT2D eigenvalue weighted by atomic mass is 16.3. The average molecular weight is 474 g/mol. The van der Waals surface area contributed by atoms with Crippen LogP contribution in [0.1, 0.15) is 78.9 Å². The predicted octanol–water partition coefficient (Wildman–Crippen LogP) is 5.27. The van der Waals surface area contributed by atoms with Gasteiger partial charge in [0.15, 0.2) is 0 Å². The fraction of sp³-hybridized carbons (Fsp3) is 0.500. The second kappa shape index (κ2) is 11.0. The van der Waals surface area contributed by atoms with E-state index >= 15 is 0 Å². The van der Waals surface area contributed by atoms with E-state index in [0.29, 0.717) is 23.9 Å². The maximum absolute atomic E-state index is 12.9. The second-order valence-electron chi connectivity index (χ2n) is 10.6. The van der Waals surface area contributed by atoms with Crippen LogP contribution in [0.4, 0.5) is 0 Å². The molecule has 2 aromatic rings. The number of fused-ring (bicyclic) bond motifs is 2. The minimum absolute atomic E-state index is 0.0323. The number of rotatable bonds is 7. The first kappa shape index (κ1) is 24.1. The van der Waals surface area contributed by atoms with Crippen molar-refractivity contribution in [2.75, 3.05) is 19.6 Å². The number of hydrogen-bond donors (Lipinski definition) is 2. The molecule has 2 N–H and O–H groups in total. The fourth-order valence-corrected chi connectivity index (χ4v) is 6.53. The molecule has 1 aliphatic carbocycles. The van der Waals surface area contributed by atoms with Gasteiger partial charge < -0.3 is 10.4 Å². The summed E-state index contributed by atoms with van der Waals surface area (Å²) >= 11 is 0. The Labute approximate surface area is 209 Å². The van der Waals surface area contributed by atoms with E-state index < -0.39 is 0 Å². The van der Waals surface area contributed by atoms with E-state index in [0.717, 1.165) is 43.6 Å². The van der Waals surface area contributed by atoms with Crippen molar-refractivity contribution in [3.05, 3.63) is 77.9 Å². The molecule has 0 radical (unpaired) electrons. The zero-order chi connectivity index (χ0) is 24.2. The normalized spacial score (nSPS) is 24.6. The number of nitrogens with one attached hydrogen (secondary N) is 1. The third-order valence-corrected chi connectivity index (χ3v) is 8.22. The van der Waals surface area contributed by atoms with Gasteiger partial charge in [-0.1, -0.05) is 56.0 Å². The van der Waals surface area contributed by atoms with Crippen LogP contribution in [-0.4, -0.2) is 58.6 Å². The molecule has 5 nitrogen and oxygen atoms in total. The minimum Gasteiger partial charge on any atom is -0.508 e. The molecule has 3 fully saturated rings. The van der Waals surface area contributed by atoms with E-state index in [4.69, 9.17) is 0 Å². The summed E-state index contributed by atoms with van der Waals surface area (Å²) in [7, 11) is 0. The number of likely N-dealkylation sites (tertiary alicyclic amines) is 1. The summed E-state index contributed by atoms with van der Waals surface area (Å²) in [6.07, 6.45) is 11.6. The summed E-state index contributed by atoms with van der Waals surface area (Å²) in [5, 5.41) is 13.5. The molecule has 1 saturated carbocycles. The van der Waals surface area contributed by atoms with E-state index in [1.54, 1.807) is 6.07 Å². The topological polar surface area (TPSA) is 55.8 Å². The lowest BCUT2D eigenvalue weighted by Crippen LogP contribution is -2.61. The molecular weight excluding hydrogens is 434 g/mol. The highest BCUT2D eigenvalue weighted by Gasteiger charge is 2.39. The van der Waals surface area contributed by atoms with Gasteiger partial charge in [-0.05, 0) is 61.1 Å². The van der Waals surface area contributed by atoms with E-state index in [-0.39, 0.29) is 11.9 Å². The number of carbonyl (C=O) groups is 1. The number of carbonyl (C=O) groups excluding carboxylic acids is 1. The summed E-state index contributed by atoms with van der Waals surface area (Å²) in [4.78, 5) is 18.1. The maximum Gasteiger partial charge on any atom is 0.251 e. The summed E-state index contributed by atoms with van der Waals surface area (Å²) in [5.41, 5.74) is 2.99. The Morgan fingerprint density at radius 3 is 2.34 bits per heavy atom. The van der Waals surface area contributed by atoms with Crippen LogP contribution in [0.2, 0.25) is 0 Å². The highest BCUT2D eigenvalue weighted by molar-refractivity contribution is 5.94. The quantitative estimate of drug-likeness (QED) is 0.538. The van der Waals surface area contributed by atoms with Gasteiger partial charge in [-0.25, -0.2) is 0 Å². The Bertz CT molecular complexity index is 1000. The molecule has 1 amide bonds. The number of nitrogens with zero attached hydrogens (tertiary/aromatic N) is 2. The standard InChI is InChI=1S/C30H39N3O2/c1-2-18-33-26-11-7-12-27(33)21-32(20-26)29(24-8-6-13-28(34)19-24)22-14-16-23(17-15-22)30(35)31-25-9-4-3-5-10-25/h2,6,8,13-17,19,25-27,29,34H,1,3-5,7,9-12,18,20-21H2,(H,31,35). The Hall–Kier alpha value is -2.63. The summed E-state index contributed by atoms with van der Waals surface area (Å²) < 4.78 is 0. The van der Waals surface area contributed by atoms with Crippen LogP contribution in [0.5, 0.6) is 5.75 Å². The third-order valence-electron chi connectivity index (χ3n) is 8.22. The SMILES string of the molecule is C=CCN1C2CCCC1CN(C(c1ccc(C(=O)NC3CCCCC3)cc1)c1cccc(O)c1)C2. The molecule has 3 aliphatic rings. The van der Waals surface area contributed by atoms with Crippen LogP contribution in [0, 0.1) is 0 Å². The van der Waals surface area contributed by atoms with Crippen molar-refractivity contribution in [2.24, 2.45) is 0 Å². The Morgan fingerprint density at radius 2 is 1.69 bits per heavy atom. The lowest BCUT2D eigenvalue weighted by molar-refractivity contribution is -0.0128. The largest absolute Gasteiger partial charge is 0.508 e. The van der Waals surface area contributed by atoms with Gasteiger partial charge in [-0.15, -0.1) is 6.58 Å². The molecule has 2 heterocycles.